The van der Waals surface area contributed by atoms with Gasteiger partial charge in [0, 0.05) is 11.6 Å². The lowest BCUT2D eigenvalue weighted by Gasteiger charge is -2.08. The first-order chi connectivity index (χ1) is 9.81. The SMILES string of the molecule is O=c1cc(-c2ccccc2)nc(SCC2OCCO2)[nH]1. The molecule has 20 heavy (non-hydrogen) atoms. The minimum absolute atomic E-state index is 0.158. The zero-order valence-electron chi connectivity index (χ0n) is 10.7. The third-order valence-electron chi connectivity index (χ3n) is 2.84. The minimum atomic E-state index is -0.217. The van der Waals surface area contributed by atoms with Crippen LogP contribution in [0.25, 0.3) is 11.3 Å². The number of aromatic amines is 1. The molecule has 1 aromatic heterocycles. The summed E-state index contributed by atoms with van der Waals surface area (Å²) < 4.78 is 10.7. The van der Waals surface area contributed by atoms with Gasteiger partial charge in [-0.15, -0.1) is 0 Å². The maximum absolute atomic E-state index is 11.7. The van der Waals surface area contributed by atoms with Gasteiger partial charge in [0.2, 0.25) is 0 Å². The number of aromatic nitrogens is 2. The van der Waals surface area contributed by atoms with E-state index in [1.165, 1.54) is 17.8 Å². The summed E-state index contributed by atoms with van der Waals surface area (Å²) >= 11 is 1.42. The summed E-state index contributed by atoms with van der Waals surface area (Å²) in [6.07, 6.45) is -0.217. The molecule has 0 unspecified atom stereocenters. The van der Waals surface area contributed by atoms with Gasteiger partial charge in [-0.3, -0.25) is 4.79 Å². The van der Waals surface area contributed by atoms with Gasteiger partial charge in [0.1, 0.15) is 0 Å². The van der Waals surface area contributed by atoms with Crippen molar-refractivity contribution < 1.29 is 9.47 Å². The van der Waals surface area contributed by atoms with Crippen molar-refractivity contribution in [3.63, 3.8) is 0 Å². The summed E-state index contributed by atoms with van der Waals surface area (Å²) in [5.74, 6) is 0.612. The molecule has 1 aliphatic heterocycles. The summed E-state index contributed by atoms with van der Waals surface area (Å²) in [6, 6.07) is 11.1. The first kappa shape index (κ1) is 13.4. The number of thioether (sulfide) groups is 1. The average molecular weight is 290 g/mol. The molecule has 0 spiro atoms. The number of nitrogens with one attached hydrogen (secondary N) is 1. The Morgan fingerprint density at radius 2 is 2.00 bits per heavy atom. The van der Waals surface area contributed by atoms with Crippen LogP contribution in [-0.2, 0) is 9.47 Å². The average Bonchev–Trinajstić information content (AvgIpc) is 2.99. The van der Waals surface area contributed by atoms with Crippen LogP contribution in [0.2, 0.25) is 0 Å². The fourth-order valence-corrected chi connectivity index (χ4v) is 2.73. The zero-order chi connectivity index (χ0) is 13.8. The number of nitrogens with zero attached hydrogens (tertiary/aromatic N) is 1. The summed E-state index contributed by atoms with van der Waals surface area (Å²) in [4.78, 5) is 18.9. The van der Waals surface area contributed by atoms with Crippen LogP contribution in [0, 0.1) is 0 Å². The van der Waals surface area contributed by atoms with Crippen molar-refractivity contribution in [2.24, 2.45) is 0 Å². The second-order valence-electron chi connectivity index (χ2n) is 4.28. The Labute approximate surface area is 120 Å². The van der Waals surface area contributed by atoms with E-state index in [0.717, 1.165) is 5.56 Å². The highest BCUT2D eigenvalue weighted by atomic mass is 32.2. The number of hydrogen-bond acceptors (Lipinski definition) is 5. The molecule has 0 amide bonds. The second kappa shape index (κ2) is 6.21. The van der Waals surface area contributed by atoms with Crippen molar-refractivity contribution in [1.29, 1.82) is 0 Å². The van der Waals surface area contributed by atoms with Gasteiger partial charge in [-0.25, -0.2) is 4.98 Å². The van der Waals surface area contributed by atoms with Crippen LogP contribution in [0.3, 0.4) is 0 Å². The highest BCUT2D eigenvalue weighted by molar-refractivity contribution is 7.99. The van der Waals surface area contributed by atoms with E-state index in [9.17, 15) is 4.79 Å². The third kappa shape index (κ3) is 3.27. The topological polar surface area (TPSA) is 64.2 Å². The Bertz CT molecular complexity index is 624. The van der Waals surface area contributed by atoms with E-state index < -0.39 is 0 Å². The fourth-order valence-electron chi connectivity index (χ4n) is 1.91. The minimum Gasteiger partial charge on any atom is -0.349 e. The van der Waals surface area contributed by atoms with Crippen molar-refractivity contribution in [3.8, 4) is 11.3 Å². The number of ether oxygens (including phenoxy) is 2. The summed E-state index contributed by atoms with van der Waals surface area (Å²) in [7, 11) is 0. The van der Waals surface area contributed by atoms with Crippen LogP contribution >= 0.6 is 11.8 Å². The van der Waals surface area contributed by atoms with E-state index in [1.807, 2.05) is 30.3 Å². The highest BCUT2D eigenvalue weighted by Gasteiger charge is 2.16. The van der Waals surface area contributed by atoms with Crippen molar-refractivity contribution >= 4 is 11.8 Å². The molecule has 1 saturated heterocycles. The molecule has 0 bridgehead atoms. The lowest BCUT2D eigenvalue weighted by atomic mass is 10.1. The Balaban J connectivity index is 1.78. The molecule has 5 nitrogen and oxygen atoms in total. The first-order valence-electron chi connectivity index (χ1n) is 6.34. The van der Waals surface area contributed by atoms with Crippen LogP contribution in [0.5, 0.6) is 0 Å². The van der Waals surface area contributed by atoms with E-state index in [-0.39, 0.29) is 11.8 Å². The van der Waals surface area contributed by atoms with E-state index in [4.69, 9.17) is 9.47 Å². The summed E-state index contributed by atoms with van der Waals surface area (Å²) in [5, 5.41) is 0.579. The lowest BCUT2D eigenvalue weighted by Crippen LogP contribution is -2.13. The number of rotatable bonds is 4. The van der Waals surface area contributed by atoms with Crippen molar-refractivity contribution in [3.05, 3.63) is 46.8 Å². The van der Waals surface area contributed by atoms with E-state index in [2.05, 4.69) is 9.97 Å². The molecule has 0 saturated carbocycles. The number of hydrogen-bond donors (Lipinski definition) is 1. The van der Waals surface area contributed by atoms with Crippen molar-refractivity contribution in [2.45, 2.75) is 11.4 Å². The van der Waals surface area contributed by atoms with Gasteiger partial charge < -0.3 is 14.5 Å². The van der Waals surface area contributed by atoms with E-state index in [1.54, 1.807) is 0 Å². The molecule has 2 heterocycles. The molecule has 0 radical (unpaired) electrons. The Morgan fingerprint density at radius 1 is 1.25 bits per heavy atom. The standard InChI is InChI=1S/C14H14N2O3S/c17-12-8-11(10-4-2-1-3-5-10)15-14(16-12)20-9-13-18-6-7-19-13/h1-5,8,13H,6-7,9H2,(H,15,16,17). The van der Waals surface area contributed by atoms with E-state index >= 15 is 0 Å². The molecule has 1 fully saturated rings. The Kier molecular flexibility index (Phi) is 4.15. The smallest absolute Gasteiger partial charge is 0.252 e. The third-order valence-corrected chi connectivity index (χ3v) is 3.74. The predicted molar refractivity (Wildman–Crippen MR) is 76.7 cm³/mol. The Hall–Kier alpha value is -1.63. The first-order valence-corrected chi connectivity index (χ1v) is 7.32. The predicted octanol–water partition coefficient (Wildman–Crippen LogP) is 1.90. The molecular weight excluding hydrogens is 276 g/mol. The van der Waals surface area contributed by atoms with Crippen LogP contribution in [0.4, 0.5) is 0 Å². The van der Waals surface area contributed by atoms with Crippen LogP contribution < -0.4 is 5.56 Å². The van der Waals surface area contributed by atoms with Gasteiger partial charge in [0.05, 0.1) is 24.7 Å². The highest BCUT2D eigenvalue weighted by Crippen LogP contribution is 2.20. The van der Waals surface area contributed by atoms with Gasteiger partial charge >= 0.3 is 0 Å². The van der Waals surface area contributed by atoms with Crippen molar-refractivity contribution in [1.82, 2.24) is 9.97 Å². The largest absolute Gasteiger partial charge is 0.349 e. The second-order valence-corrected chi connectivity index (χ2v) is 5.29. The maximum Gasteiger partial charge on any atom is 0.252 e. The quantitative estimate of drug-likeness (QED) is 0.688. The molecule has 0 aliphatic carbocycles. The van der Waals surface area contributed by atoms with E-state index in [0.29, 0.717) is 29.8 Å². The van der Waals surface area contributed by atoms with Crippen molar-refractivity contribution in [2.75, 3.05) is 19.0 Å². The van der Waals surface area contributed by atoms with Gasteiger partial charge in [-0.1, -0.05) is 42.1 Å². The van der Waals surface area contributed by atoms with Crippen LogP contribution in [0.15, 0.2) is 46.3 Å². The molecule has 3 rings (SSSR count). The normalized spacial score (nSPS) is 15.6. The summed E-state index contributed by atoms with van der Waals surface area (Å²) in [5.41, 5.74) is 1.44. The number of benzene rings is 1. The Morgan fingerprint density at radius 3 is 2.75 bits per heavy atom. The van der Waals surface area contributed by atoms with Gasteiger partial charge in [0.15, 0.2) is 11.4 Å². The molecule has 104 valence electrons. The van der Waals surface area contributed by atoms with Gasteiger partial charge in [0.25, 0.3) is 5.56 Å². The van der Waals surface area contributed by atoms with Gasteiger partial charge in [-0.05, 0) is 0 Å². The molecule has 2 aromatic rings. The number of H-pyrrole nitrogens is 1. The monoisotopic (exact) mass is 290 g/mol. The molecule has 0 atom stereocenters. The summed E-state index contributed by atoms with van der Waals surface area (Å²) in [6.45, 7) is 1.25. The zero-order valence-corrected chi connectivity index (χ0v) is 11.6. The van der Waals surface area contributed by atoms with Crippen LogP contribution in [0.1, 0.15) is 0 Å². The van der Waals surface area contributed by atoms with Gasteiger partial charge in [-0.2, -0.15) is 0 Å². The molecule has 6 heteroatoms. The fraction of sp³-hybridized carbons (Fsp3) is 0.286. The molecule has 1 aliphatic rings. The molecule has 1 N–H and O–H groups in total. The molecular formula is C14H14N2O3S. The van der Waals surface area contributed by atoms with Crippen LogP contribution in [-0.4, -0.2) is 35.2 Å². The maximum atomic E-state index is 11.7. The lowest BCUT2D eigenvalue weighted by molar-refractivity contribution is -0.0215. The molecule has 1 aromatic carbocycles.